The van der Waals surface area contributed by atoms with Crippen LogP contribution in [0.3, 0.4) is 0 Å². The number of aliphatic hydroxyl groups excluding tert-OH is 1. The topological polar surface area (TPSA) is 60.7 Å². The Morgan fingerprint density at radius 2 is 0.871 bits per heavy atom. The smallest absolute Gasteiger partial charge is 0.263 e. The molecule has 0 saturated carbocycles. The van der Waals surface area contributed by atoms with E-state index in [1.54, 1.807) is 0 Å². The Bertz CT molecular complexity index is 556. The van der Waals surface area contributed by atoms with Crippen LogP contribution in [-0.4, -0.2) is 42.4 Å². The molecule has 1 aromatic rings. The van der Waals surface area contributed by atoms with E-state index in [1.165, 1.54) is 23.5 Å². The van der Waals surface area contributed by atoms with Gasteiger partial charge in [-0.25, -0.2) is 0 Å². The molecule has 3 nitrogen and oxygen atoms in total. The van der Waals surface area contributed by atoms with E-state index >= 15 is 0 Å². The Hall–Kier alpha value is 0.609. The van der Waals surface area contributed by atoms with E-state index in [1.807, 2.05) is 0 Å². The number of benzene rings is 1. The SMILES string of the molecule is CC(C)(C)[PH+](Cc1[c-]c(C[PH+](C(C)(C)C)C(C)(C)C)ccc1)C(C)(C)C.OC(O)O.[Ir]. The first-order valence-corrected chi connectivity index (χ1v) is 14.3. The van der Waals surface area contributed by atoms with Crippen LogP contribution >= 0.6 is 15.8 Å². The first-order valence-electron chi connectivity index (χ1n) is 10.9. The summed E-state index contributed by atoms with van der Waals surface area (Å²) in [6.07, 6.45) is 2.44. The van der Waals surface area contributed by atoms with Gasteiger partial charge in [0.25, 0.3) is 6.48 Å². The van der Waals surface area contributed by atoms with Crippen molar-refractivity contribution >= 4 is 15.8 Å². The second kappa shape index (κ2) is 12.9. The zero-order valence-electron chi connectivity index (χ0n) is 21.9. The Kier molecular flexibility index (Phi) is 14.1. The molecule has 1 rings (SSSR count). The van der Waals surface area contributed by atoms with Crippen molar-refractivity contribution in [3.8, 4) is 0 Å². The molecule has 0 aromatic heterocycles. The maximum atomic E-state index is 7.17. The van der Waals surface area contributed by atoms with Gasteiger partial charge in [-0.05, 0) is 83.1 Å². The van der Waals surface area contributed by atoms with Crippen LogP contribution in [0.2, 0.25) is 0 Å². The van der Waals surface area contributed by atoms with E-state index in [9.17, 15) is 0 Å². The zero-order valence-corrected chi connectivity index (χ0v) is 26.3. The number of hydrogen-bond acceptors (Lipinski definition) is 3. The molecule has 0 amide bonds. The van der Waals surface area contributed by atoms with E-state index in [0.717, 1.165) is 0 Å². The number of aliphatic hydroxyl groups is 3. The fourth-order valence-electron chi connectivity index (χ4n) is 4.47. The van der Waals surface area contributed by atoms with Gasteiger partial charge in [0.05, 0.1) is 32.9 Å². The molecule has 0 atom stereocenters. The molecule has 1 radical (unpaired) electrons. The summed E-state index contributed by atoms with van der Waals surface area (Å²) in [5, 5.41) is 23.1. The van der Waals surface area contributed by atoms with Crippen molar-refractivity contribution in [3.05, 3.63) is 35.4 Å². The van der Waals surface area contributed by atoms with Crippen LogP contribution in [-0.2, 0) is 32.4 Å². The third-order valence-corrected chi connectivity index (χ3v) is 14.0. The van der Waals surface area contributed by atoms with Gasteiger partial charge in [-0.2, -0.15) is 24.3 Å². The van der Waals surface area contributed by atoms with Crippen LogP contribution in [0.4, 0.5) is 0 Å². The van der Waals surface area contributed by atoms with Crippen molar-refractivity contribution < 1.29 is 35.4 Å². The Labute approximate surface area is 208 Å². The summed E-state index contributed by atoms with van der Waals surface area (Å²) in [6, 6.07) is 10.7. The molecule has 1 aromatic carbocycles. The first-order chi connectivity index (χ1) is 13.2. The molecule has 0 unspecified atom stereocenters. The minimum Gasteiger partial charge on any atom is -0.346 e. The molecule has 0 saturated heterocycles. The second-order valence-corrected chi connectivity index (χ2v) is 21.0. The van der Waals surface area contributed by atoms with Gasteiger partial charge < -0.3 is 15.3 Å². The average molecular weight is 652 g/mol. The maximum absolute atomic E-state index is 7.17. The predicted octanol–water partition coefficient (Wildman–Crippen LogP) is 6.35. The third kappa shape index (κ3) is 13.8. The van der Waals surface area contributed by atoms with Gasteiger partial charge in [-0.1, -0.05) is 0 Å². The quantitative estimate of drug-likeness (QED) is 0.202. The van der Waals surface area contributed by atoms with E-state index in [-0.39, 0.29) is 20.1 Å². The van der Waals surface area contributed by atoms with Crippen LogP contribution in [0.5, 0.6) is 0 Å². The van der Waals surface area contributed by atoms with Gasteiger partial charge >= 0.3 is 0 Å². The van der Waals surface area contributed by atoms with E-state index in [0.29, 0.717) is 20.6 Å². The summed E-state index contributed by atoms with van der Waals surface area (Å²) in [7, 11) is -1.10. The van der Waals surface area contributed by atoms with E-state index in [4.69, 9.17) is 15.3 Å². The predicted molar refractivity (Wildman–Crippen MR) is 139 cm³/mol. The summed E-state index contributed by atoms with van der Waals surface area (Å²) in [5.74, 6) is 0. The van der Waals surface area contributed by atoms with E-state index < -0.39 is 22.3 Å². The first kappa shape index (κ1) is 33.8. The monoisotopic (exact) mass is 652 g/mol. The molecule has 0 heterocycles. The van der Waals surface area contributed by atoms with Crippen LogP contribution in [0.15, 0.2) is 18.2 Å². The Balaban J connectivity index is 0. The summed E-state index contributed by atoms with van der Waals surface area (Å²) in [4.78, 5) is 0. The summed E-state index contributed by atoms with van der Waals surface area (Å²) < 4.78 is 0. The van der Waals surface area contributed by atoms with Gasteiger partial charge in [-0.15, -0.1) is 11.1 Å². The molecule has 185 valence electrons. The molecular formula is C25H49IrO3P2+. The molecule has 0 bridgehead atoms. The van der Waals surface area contributed by atoms with Gasteiger partial charge in [0.1, 0.15) is 0 Å². The molecule has 31 heavy (non-hydrogen) atoms. The number of hydrogen-bond donors (Lipinski definition) is 3. The Morgan fingerprint density at radius 1 is 0.645 bits per heavy atom. The Morgan fingerprint density at radius 3 is 1.06 bits per heavy atom. The van der Waals surface area contributed by atoms with Crippen molar-refractivity contribution in [1.82, 2.24) is 0 Å². The normalized spacial score (nSPS) is 13.2. The third-order valence-electron chi connectivity index (χ3n) is 5.27. The minimum atomic E-state index is -2.17. The number of rotatable bonds is 4. The van der Waals surface area contributed by atoms with Gasteiger partial charge in [0.15, 0.2) is 0 Å². The van der Waals surface area contributed by atoms with Crippen molar-refractivity contribution in [2.45, 2.75) is 123 Å². The molecule has 3 N–H and O–H groups in total. The van der Waals surface area contributed by atoms with Crippen LogP contribution in [0, 0.1) is 6.07 Å². The van der Waals surface area contributed by atoms with Crippen LogP contribution in [0.25, 0.3) is 0 Å². The van der Waals surface area contributed by atoms with Crippen molar-refractivity contribution in [3.63, 3.8) is 0 Å². The van der Waals surface area contributed by atoms with Crippen molar-refractivity contribution in [1.29, 1.82) is 0 Å². The zero-order chi connectivity index (χ0) is 24.1. The van der Waals surface area contributed by atoms with Crippen molar-refractivity contribution in [2.75, 3.05) is 0 Å². The summed E-state index contributed by atoms with van der Waals surface area (Å²) in [6.45, 7) is 27.0. The molecule has 6 heteroatoms. The fourth-order valence-corrected chi connectivity index (χ4v) is 12.3. The van der Waals surface area contributed by atoms with Gasteiger partial charge in [0.2, 0.25) is 0 Å². The average Bonchev–Trinajstić information content (AvgIpc) is 2.45. The molecule has 0 fully saturated rings. The van der Waals surface area contributed by atoms with Gasteiger partial charge in [0, 0.05) is 35.9 Å². The molecular weight excluding hydrogens is 602 g/mol. The van der Waals surface area contributed by atoms with Crippen molar-refractivity contribution in [2.24, 2.45) is 0 Å². The maximum Gasteiger partial charge on any atom is 0.263 e. The van der Waals surface area contributed by atoms with Gasteiger partial charge in [-0.3, -0.25) is 0 Å². The van der Waals surface area contributed by atoms with Crippen LogP contribution < -0.4 is 0 Å². The molecule has 0 aliphatic heterocycles. The standard InChI is InChI=1S/C24H43P2.CH4O3.Ir/c1-21(2,3)25(22(4,5)6)17-19-14-13-15-20(16-19)18-26(23(7,8)9)24(10,11)12;2-1(3)4;/h13-15H,17-18H2,1-12H3;1-4H;/q-1;;/p+2. The molecule has 0 aliphatic carbocycles. The fraction of sp³-hybridized carbons (Fsp3) is 0.760. The largest absolute Gasteiger partial charge is 0.346 e. The minimum absolute atomic E-state index is 0. The molecule has 0 spiro atoms. The van der Waals surface area contributed by atoms with Crippen LogP contribution in [0.1, 0.15) is 94.2 Å². The summed E-state index contributed by atoms with van der Waals surface area (Å²) >= 11 is 0. The second-order valence-electron chi connectivity index (χ2n) is 12.4. The summed E-state index contributed by atoms with van der Waals surface area (Å²) in [5.41, 5.74) is 2.87. The van der Waals surface area contributed by atoms with E-state index in [2.05, 4.69) is 107 Å². The molecule has 0 aliphatic rings.